The molecule has 1 heterocycles. The van der Waals surface area contributed by atoms with Gasteiger partial charge in [0, 0.05) is 12.6 Å². The zero-order valence-corrected chi connectivity index (χ0v) is 16.9. The van der Waals surface area contributed by atoms with Gasteiger partial charge in [0.25, 0.3) is 11.8 Å². The molecule has 0 aliphatic carbocycles. The molecule has 154 valence electrons. The van der Waals surface area contributed by atoms with Crippen LogP contribution in [0.1, 0.15) is 29.3 Å². The number of benzene rings is 2. The number of rotatable bonds is 7. The molecule has 0 unspecified atom stereocenters. The minimum atomic E-state index is -3.08. The molecule has 29 heavy (non-hydrogen) atoms. The van der Waals surface area contributed by atoms with Crippen molar-refractivity contribution in [2.24, 2.45) is 0 Å². The second-order valence-electron chi connectivity index (χ2n) is 7.03. The summed E-state index contributed by atoms with van der Waals surface area (Å²) in [7, 11) is -3.08. The number of hydrogen-bond acceptors (Lipinski definition) is 5. The number of nitrogens with one attached hydrogen (secondary N) is 2. The summed E-state index contributed by atoms with van der Waals surface area (Å²) in [5.41, 5.74) is 1.30. The van der Waals surface area contributed by atoms with Crippen molar-refractivity contribution in [1.29, 1.82) is 0 Å². The average molecular weight is 416 g/mol. The Hall–Kier alpha value is -2.87. The third-order valence-electron chi connectivity index (χ3n) is 4.68. The van der Waals surface area contributed by atoms with Crippen LogP contribution in [0.25, 0.3) is 0 Å². The molecule has 7 nitrogen and oxygen atoms in total. The van der Waals surface area contributed by atoms with Gasteiger partial charge >= 0.3 is 0 Å². The zero-order chi connectivity index (χ0) is 20.9. The molecule has 2 N–H and O–H groups in total. The fraction of sp³-hybridized carbons (Fsp3) is 0.333. The lowest BCUT2D eigenvalue weighted by atomic mass is 10.1. The standard InChI is InChI=1S/C21H24N2O5S/c1-15(20(24)23-17-11-12-29(26,27)14-17)28-19-10-6-5-9-18(19)21(25)22-13-16-7-3-2-4-8-16/h2-10,15,17H,11-14H2,1H3,(H,22,25)(H,23,24)/t15-,17-/m0/s1. The summed E-state index contributed by atoms with van der Waals surface area (Å²) in [6.45, 7) is 1.94. The second-order valence-corrected chi connectivity index (χ2v) is 9.26. The summed E-state index contributed by atoms with van der Waals surface area (Å²) in [6.07, 6.45) is -0.472. The quantitative estimate of drug-likeness (QED) is 0.715. The van der Waals surface area contributed by atoms with Gasteiger partial charge in [-0.25, -0.2) is 8.42 Å². The van der Waals surface area contributed by atoms with Crippen LogP contribution in [0.2, 0.25) is 0 Å². The minimum absolute atomic E-state index is 0.0516. The molecule has 0 spiro atoms. The summed E-state index contributed by atoms with van der Waals surface area (Å²) in [4.78, 5) is 25.0. The summed E-state index contributed by atoms with van der Waals surface area (Å²) in [5, 5.41) is 5.55. The highest BCUT2D eigenvalue weighted by Crippen LogP contribution is 2.20. The molecule has 1 aliphatic heterocycles. The summed E-state index contributed by atoms with van der Waals surface area (Å²) in [6, 6.07) is 15.8. The highest BCUT2D eigenvalue weighted by molar-refractivity contribution is 7.91. The lowest BCUT2D eigenvalue weighted by molar-refractivity contribution is -0.127. The van der Waals surface area contributed by atoms with Crippen LogP contribution < -0.4 is 15.4 Å². The van der Waals surface area contributed by atoms with Crippen molar-refractivity contribution < 1.29 is 22.7 Å². The molecular weight excluding hydrogens is 392 g/mol. The number of para-hydroxylation sites is 1. The van der Waals surface area contributed by atoms with Crippen LogP contribution >= 0.6 is 0 Å². The summed E-state index contributed by atoms with van der Waals surface area (Å²) < 4.78 is 28.8. The third-order valence-corrected chi connectivity index (χ3v) is 6.45. The van der Waals surface area contributed by atoms with Crippen LogP contribution in [0, 0.1) is 0 Å². The molecule has 1 saturated heterocycles. The lowest BCUT2D eigenvalue weighted by Crippen LogP contribution is -2.43. The first kappa shape index (κ1) is 20.9. The first-order valence-electron chi connectivity index (χ1n) is 9.43. The van der Waals surface area contributed by atoms with Crippen LogP contribution in [0.4, 0.5) is 0 Å². The number of hydrogen-bond donors (Lipinski definition) is 2. The van der Waals surface area contributed by atoms with Crippen molar-refractivity contribution in [2.45, 2.75) is 32.0 Å². The predicted octanol–water partition coefficient (Wildman–Crippen LogP) is 1.69. The number of carbonyl (C=O) groups is 2. The van der Waals surface area contributed by atoms with Crippen LogP contribution in [-0.4, -0.2) is 43.9 Å². The molecule has 8 heteroatoms. The highest BCUT2D eigenvalue weighted by atomic mass is 32.2. The topological polar surface area (TPSA) is 102 Å². The first-order chi connectivity index (χ1) is 13.8. The Kier molecular flexibility index (Phi) is 6.53. The van der Waals surface area contributed by atoms with E-state index in [0.29, 0.717) is 24.3 Å². The van der Waals surface area contributed by atoms with E-state index in [1.807, 2.05) is 30.3 Å². The molecular formula is C21H24N2O5S. The van der Waals surface area contributed by atoms with Crippen LogP contribution in [0.15, 0.2) is 54.6 Å². The Morgan fingerprint density at radius 3 is 2.48 bits per heavy atom. The van der Waals surface area contributed by atoms with Gasteiger partial charge in [-0.05, 0) is 31.0 Å². The molecule has 2 amide bonds. The fourth-order valence-corrected chi connectivity index (χ4v) is 4.78. The van der Waals surface area contributed by atoms with Crippen molar-refractivity contribution in [3.8, 4) is 5.75 Å². The van der Waals surface area contributed by atoms with Crippen LogP contribution in [0.3, 0.4) is 0 Å². The van der Waals surface area contributed by atoms with E-state index in [4.69, 9.17) is 4.74 Å². The SMILES string of the molecule is C[C@H](Oc1ccccc1C(=O)NCc1ccccc1)C(=O)N[C@H]1CCS(=O)(=O)C1. The molecule has 2 aromatic carbocycles. The van der Waals surface area contributed by atoms with Gasteiger partial charge in [-0.15, -0.1) is 0 Å². The number of ether oxygens (including phenoxy) is 1. The van der Waals surface area contributed by atoms with E-state index in [0.717, 1.165) is 5.56 Å². The van der Waals surface area contributed by atoms with Gasteiger partial charge in [0.2, 0.25) is 0 Å². The number of carbonyl (C=O) groups excluding carboxylic acids is 2. The summed E-state index contributed by atoms with van der Waals surface area (Å²) in [5.74, 6) is -0.396. The molecule has 1 fully saturated rings. The molecule has 3 rings (SSSR count). The van der Waals surface area contributed by atoms with E-state index in [-0.39, 0.29) is 17.4 Å². The smallest absolute Gasteiger partial charge is 0.261 e. The van der Waals surface area contributed by atoms with Crippen molar-refractivity contribution in [2.75, 3.05) is 11.5 Å². The molecule has 0 bridgehead atoms. The first-order valence-corrected chi connectivity index (χ1v) is 11.2. The fourth-order valence-electron chi connectivity index (χ4n) is 3.10. The predicted molar refractivity (Wildman–Crippen MR) is 109 cm³/mol. The van der Waals surface area contributed by atoms with E-state index in [1.54, 1.807) is 31.2 Å². The van der Waals surface area contributed by atoms with E-state index in [2.05, 4.69) is 10.6 Å². The van der Waals surface area contributed by atoms with Gasteiger partial charge in [0.15, 0.2) is 15.9 Å². The van der Waals surface area contributed by atoms with E-state index in [9.17, 15) is 18.0 Å². The average Bonchev–Trinajstić information content (AvgIpc) is 3.05. The molecule has 2 aromatic rings. The number of sulfone groups is 1. The Balaban J connectivity index is 1.60. The van der Waals surface area contributed by atoms with E-state index < -0.39 is 27.9 Å². The van der Waals surface area contributed by atoms with Gasteiger partial charge in [0.05, 0.1) is 17.1 Å². The maximum Gasteiger partial charge on any atom is 0.261 e. The largest absolute Gasteiger partial charge is 0.480 e. The Labute approximate surface area is 170 Å². The lowest BCUT2D eigenvalue weighted by Gasteiger charge is -2.19. The van der Waals surface area contributed by atoms with Gasteiger partial charge < -0.3 is 15.4 Å². The minimum Gasteiger partial charge on any atom is -0.480 e. The Bertz CT molecular complexity index is 976. The zero-order valence-electron chi connectivity index (χ0n) is 16.1. The van der Waals surface area contributed by atoms with Crippen molar-refractivity contribution in [3.05, 3.63) is 65.7 Å². The maximum atomic E-state index is 12.6. The Morgan fingerprint density at radius 2 is 1.79 bits per heavy atom. The molecule has 2 atom stereocenters. The number of amides is 2. The van der Waals surface area contributed by atoms with Crippen molar-refractivity contribution >= 4 is 21.7 Å². The van der Waals surface area contributed by atoms with E-state index >= 15 is 0 Å². The normalized spacial score (nSPS) is 18.6. The maximum absolute atomic E-state index is 12.6. The molecule has 0 saturated carbocycles. The highest BCUT2D eigenvalue weighted by Gasteiger charge is 2.30. The summed E-state index contributed by atoms with van der Waals surface area (Å²) >= 11 is 0. The molecule has 0 aromatic heterocycles. The second kappa shape index (κ2) is 9.09. The Morgan fingerprint density at radius 1 is 1.10 bits per heavy atom. The van der Waals surface area contributed by atoms with Crippen LogP contribution in [-0.2, 0) is 21.2 Å². The van der Waals surface area contributed by atoms with Gasteiger partial charge in [-0.2, -0.15) is 0 Å². The van der Waals surface area contributed by atoms with Gasteiger partial charge in [-0.1, -0.05) is 42.5 Å². The monoisotopic (exact) mass is 416 g/mol. The van der Waals surface area contributed by atoms with Gasteiger partial charge in [-0.3, -0.25) is 9.59 Å². The molecule has 1 aliphatic rings. The molecule has 0 radical (unpaired) electrons. The third kappa shape index (κ3) is 5.80. The van der Waals surface area contributed by atoms with E-state index in [1.165, 1.54) is 0 Å². The van der Waals surface area contributed by atoms with Crippen molar-refractivity contribution in [3.63, 3.8) is 0 Å². The van der Waals surface area contributed by atoms with Gasteiger partial charge in [0.1, 0.15) is 5.75 Å². The van der Waals surface area contributed by atoms with Crippen molar-refractivity contribution in [1.82, 2.24) is 10.6 Å². The van der Waals surface area contributed by atoms with Crippen LogP contribution in [0.5, 0.6) is 5.75 Å².